The molecule has 132 valence electrons. The van der Waals surface area contributed by atoms with Crippen molar-refractivity contribution in [1.82, 2.24) is 24.5 Å². The van der Waals surface area contributed by atoms with Crippen LogP contribution in [0.4, 0.5) is 0 Å². The number of nitrogens with zero attached hydrogens (tertiary/aromatic N) is 5. The van der Waals surface area contributed by atoms with Crippen molar-refractivity contribution < 1.29 is 4.42 Å². The van der Waals surface area contributed by atoms with Gasteiger partial charge in [0.05, 0.1) is 5.52 Å². The van der Waals surface area contributed by atoms with Gasteiger partial charge in [-0.05, 0) is 42.5 Å². The first kappa shape index (κ1) is 15.0. The standard InChI is InChI=1S/C22H13N5O/c1-2-6-18-16(4-1)17-5-3-11-24-20(17)27(18)15-9-7-14(8-10-15)21-26-19-22(28-21)25-13-12-23-19/h1-13H. The summed E-state index contributed by atoms with van der Waals surface area (Å²) in [5.74, 6) is 0.507. The molecule has 0 aliphatic heterocycles. The van der Waals surface area contributed by atoms with E-state index in [2.05, 4.69) is 48.8 Å². The molecule has 4 heterocycles. The van der Waals surface area contributed by atoms with Crippen LogP contribution in [0.1, 0.15) is 0 Å². The number of rotatable bonds is 2. The quantitative estimate of drug-likeness (QED) is 0.443. The fourth-order valence-corrected chi connectivity index (χ4v) is 3.61. The van der Waals surface area contributed by atoms with E-state index in [0.717, 1.165) is 27.8 Å². The van der Waals surface area contributed by atoms with Crippen molar-refractivity contribution in [3.8, 4) is 17.1 Å². The van der Waals surface area contributed by atoms with Crippen molar-refractivity contribution in [3.05, 3.63) is 79.3 Å². The maximum atomic E-state index is 5.72. The Hall–Kier alpha value is -4.06. The molecule has 0 bridgehead atoms. The molecular formula is C22H13N5O. The number of pyridine rings is 1. The van der Waals surface area contributed by atoms with Gasteiger partial charge in [0.15, 0.2) is 0 Å². The van der Waals surface area contributed by atoms with Crippen LogP contribution in [-0.2, 0) is 0 Å². The molecule has 0 fully saturated rings. The van der Waals surface area contributed by atoms with Gasteiger partial charge < -0.3 is 4.42 Å². The van der Waals surface area contributed by atoms with Crippen LogP contribution in [0.3, 0.4) is 0 Å². The maximum absolute atomic E-state index is 5.72. The zero-order valence-corrected chi connectivity index (χ0v) is 14.6. The van der Waals surface area contributed by atoms with Crippen LogP contribution >= 0.6 is 0 Å². The van der Waals surface area contributed by atoms with E-state index in [0.29, 0.717) is 17.3 Å². The van der Waals surface area contributed by atoms with E-state index in [9.17, 15) is 0 Å². The SMILES string of the molecule is c1ccc2c(c1)c1cccnc1n2-c1ccc(-c2nc3nccnc3o2)cc1. The lowest BCUT2D eigenvalue weighted by Crippen LogP contribution is -1.95. The molecule has 0 radical (unpaired) electrons. The van der Waals surface area contributed by atoms with Crippen LogP contribution in [0.2, 0.25) is 0 Å². The van der Waals surface area contributed by atoms with Crippen molar-refractivity contribution >= 4 is 33.3 Å². The Morgan fingerprint density at radius 3 is 2.43 bits per heavy atom. The Morgan fingerprint density at radius 2 is 1.54 bits per heavy atom. The minimum atomic E-state index is 0.438. The molecule has 0 aliphatic carbocycles. The van der Waals surface area contributed by atoms with E-state index in [-0.39, 0.29) is 0 Å². The second kappa shape index (κ2) is 5.72. The normalized spacial score (nSPS) is 11.6. The molecule has 0 N–H and O–H groups in total. The largest absolute Gasteiger partial charge is 0.416 e. The zero-order chi connectivity index (χ0) is 18.5. The van der Waals surface area contributed by atoms with Crippen LogP contribution in [0.15, 0.2) is 83.7 Å². The van der Waals surface area contributed by atoms with Crippen molar-refractivity contribution in [3.63, 3.8) is 0 Å². The minimum Gasteiger partial charge on any atom is -0.416 e. The lowest BCUT2D eigenvalue weighted by atomic mass is 10.2. The number of oxazole rings is 1. The van der Waals surface area contributed by atoms with E-state index >= 15 is 0 Å². The predicted molar refractivity (Wildman–Crippen MR) is 107 cm³/mol. The Morgan fingerprint density at radius 1 is 0.714 bits per heavy atom. The fourth-order valence-electron chi connectivity index (χ4n) is 3.61. The molecule has 2 aromatic carbocycles. The van der Waals surface area contributed by atoms with Gasteiger partial charge >= 0.3 is 0 Å². The molecule has 6 aromatic rings. The smallest absolute Gasteiger partial charge is 0.266 e. The number of para-hydroxylation sites is 1. The molecule has 6 heteroatoms. The number of benzene rings is 2. The Labute approximate surface area is 159 Å². The molecule has 0 aliphatic rings. The van der Waals surface area contributed by atoms with Gasteiger partial charge in [0.1, 0.15) is 5.65 Å². The second-order valence-electron chi connectivity index (χ2n) is 6.48. The van der Waals surface area contributed by atoms with Crippen LogP contribution in [0, 0.1) is 0 Å². The number of hydrogen-bond donors (Lipinski definition) is 0. The molecule has 0 saturated carbocycles. The summed E-state index contributed by atoms with van der Waals surface area (Å²) in [6.45, 7) is 0. The third kappa shape index (κ3) is 2.15. The van der Waals surface area contributed by atoms with E-state index in [4.69, 9.17) is 4.42 Å². The average molecular weight is 363 g/mol. The summed E-state index contributed by atoms with van der Waals surface area (Å²) < 4.78 is 7.89. The van der Waals surface area contributed by atoms with E-state index in [1.165, 1.54) is 5.39 Å². The van der Waals surface area contributed by atoms with Gasteiger partial charge in [-0.1, -0.05) is 18.2 Å². The first-order valence-electron chi connectivity index (χ1n) is 8.91. The first-order chi connectivity index (χ1) is 13.9. The highest BCUT2D eigenvalue weighted by Gasteiger charge is 2.14. The van der Waals surface area contributed by atoms with Crippen molar-refractivity contribution in [2.45, 2.75) is 0 Å². The lowest BCUT2D eigenvalue weighted by molar-refractivity contribution is 0.607. The highest BCUT2D eigenvalue weighted by atomic mass is 16.4. The van der Waals surface area contributed by atoms with Crippen molar-refractivity contribution in [2.24, 2.45) is 0 Å². The number of hydrogen-bond acceptors (Lipinski definition) is 5. The molecule has 0 saturated heterocycles. The highest BCUT2D eigenvalue weighted by Crippen LogP contribution is 2.31. The summed E-state index contributed by atoms with van der Waals surface area (Å²) in [5, 5.41) is 2.32. The molecule has 0 atom stereocenters. The number of aromatic nitrogens is 5. The molecule has 4 aromatic heterocycles. The molecule has 0 unspecified atom stereocenters. The van der Waals surface area contributed by atoms with E-state index in [1.54, 1.807) is 12.4 Å². The van der Waals surface area contributed by atoms with Gasteiger partial charge in [0.25, 0.3) is 5.71 Å². The van der Waals surface area contributed by atoms with Crippen LogP contribution in [-0.4, -0.2) is 24.5 Å². The Balaban J connectivity index is 1.52. The molecule has 0 spiro atoms. The summed E-state index contributed by atoms with van der Waals surface area (Å²) in [6, 6.07) is 20.5. The van der Waals surface area contributed by atoms with Gasteiger partial charge in [-0.3, -0.25) is 4.57 Å². The summed E-state index contributed by atoms with van der Waals surface area (Å²) in [5.41, 5.74) is 4.91. The first-order valence-corrected chi connectivity index (χ1v) is 8.91. The second-order valence-corrected chi connectivity index (χ2v) is 6.48. The summed E-state index contributed by atoms with van der Waals surface area (Å²) in [6.07, 6.45) is 5.02. The molecule has 6 rings (SSSR count). The summed E-state index contributed by atoms with van der Waals surface area (Å²) in [7, 11) is 0. The average Bonchev–Trinajstić information content (AvgIpc) is 3.33. The fraction of sp³-hybridized carbons (Fsp3) is 0. The molecule has 6 nitrogen and oxygen atoms in total. The third-order valence-corrected chi connectivity index (χ3v) is 4.85. The summed E-state index contributed by atoms with van der Waals surface area (Å²) in [4.78, 5) is 17.4. The van der Waals surface area contributed by atoms with Crippen molar-refractivity contribution in [2.75, 3.05) is 0 Å². The van der Waals surface area contributed by atoms with E-state index in [1.807, 2.05) is 42.6 Å². The van der Waals surface area contributed by atoms with Crippen molar-refractivity contribution in [1.29, 1.82) is 0 Å². The van der Waals surface area contributed by atoms with Gasteiger partial charge in [-0.15, -0.1) is 0 Å². The maximum Gasteiger partial charge on any atom is 0.266 e. The predicted octanol–water partition coefficient (Wildman–Crippen LogP) is 4.78. The Bertz CT molecular complexity index is 1380. The van der Waals surface area contributed by atoms with Gasteiger partial charge in [0.2, 0.25) is 11.5 Å². The monoisotopic (exact) mass is 363 g/mol. The zero-order valence-electron chi connectivity index (χ0n) is 14.6. The topological polar surface area (TPSA) is 69.6 Å². The summed E-state index contributed by atoms with van der Waals surface area (Å²) >= 11 is 0. The highest BCUT2D eigenvalue weighted by molar-refractivity contribution is 6.07. The van der Waals surface area contributed by atoms with Crippen LogP contribution in [0.25, 0.3) is 50.4 Å². The van der Waals surface area contributed by atoms with Gasteiger partial charge in [-0.25, -0.2) is 15.0 Å². The molecule has 28 heavy (non-hydrogen) atoms. The van der Waals surface area contributed by atoms with Crippen LogP contribution in [0.5, 0.6) is 0 Å². The third-order valence-electron chi connectivity index (χ3n) is 4.85. The Kier molecular flexibility index (Phi) is 3.07. The lowest BCUT2D eigenvalue weighted by Gasteiger charge is -2.07. The minimum absolute atomic E-state index is 0.438. The van der Waals surface area contributed by atoms with E-state index < -0.39 is 0 Å². The van der Waals surface area contributed by atoms with Gasteiger partial charge in [0, 0.05) is 40.6 Å². The molecular weight excluding hydrogens is 350 g/mol. The number of fused-ring (bicyclic) bond motifs is 4. The van der Waals surface area contributed by atoms with Crippen LogP contribution < -0.4 is 0 Å². The molecule has 0 amide bonds. The van der Waals surface area contributed by atoms with Gasteiger partial charge in [-0.2, -0.15) is 4.98 Å².